The first-order valence-corrected chi connectivity index (χ1v) is 11.5. The molecule has 4 rings (SSSR count). The van der Waals surface area contributed by atoms with Gasteiger partial charge in [0.05, 0.1) is 12.6 Å². The molecule has 0 amide bonds. The minimum Gasteiger partial charge on any atom is -0.444 e. The third-order valence-electron chi connectivity index (χ3n) is 6.08. The van der Waals surface area contributed by atoms with Crippen molar-refractivity contribution in [1.29, 1.82) is 0 Å². The zero-order valence-corrected chi connectivity index (χ0v) is 20.8. The van der Waals surface area contributed by atoms with Crippen LogP contribution in [0.4, 0.5) is 0 Å². The lowest BCUT2D eigenvalue weighted by Gasteiger charge is -2.34. The highest BCUT2D eigenvalue weighted by molar-refractivity contribution is 14.0. The summed E-state index contributed by atoms with van der Waals surface area (Å²) in [6.45, 7) is 6.39. The van der Waals surface area contributed by atoms with E-state index in [1.165, 1.54) is 25.7 Å². The fraction of sp³-hybridized carbons (Fsp3) is 0.583. The number of nitrogens with zero attached hydrogens (tertiary/aromatic N) is 3. The molecule has 1 saturated carbocycles. The molecule has 1 N–H and O–H groups in total. The van der Waals surface area contributed by atoms with Crippen LogP contribution in [-0.2, 0) is 11.3 Å². The Morgan fingerprint density at radius 1 is 1.16 bits per heavy atom. The molecule has 31 heavy (non-hydrogen) atoms. The minimum atomic E-state index is 0. The number of hydrogen-bond donors (Lipinski definition) is 1. The SMILES string of the molecule is CCNC(=NCc1coc(-c2ccccc2)n1)N1CCC(OCC2CCCC2)CC1.I. The summed E-state index contributed by atoms with van der Waals surface area (Å²) in [4.78, 5) is 11.8. The summed E-state index contributed by atoms with van der Waals surface area (Å²) in [5, 5.41) is 3.43. The number of aromatic nitrogens is 1. The van der Waals surface area contributed by atoms with E-state index >= 15 is 0 Å². The Morgan fingerprint density at radius 2 is 1.90 bits per heavy atom. The first-order chi connectivity index (χ1) is 14.8. The van der Waals surface area contributed by atoms with E-state index in [-0.39, 0.29) is 24.0 Å². The van der Waals surface area contributed by atoms with E-state index in [2.05, 4.69) is 22.1 Å². The molecule has 0 spiro atoms. The molecule has 0 atom stereocenters. The van der Waals surface area contributed by atoms with Crippen molar-refractivity contribution < 1.29 is 9.15 Å². The van der Waals surface area contributed by atoms with Gasteiger partial charge in [0.2, 0.25) is 5.89 Å². The van der Waals surface area contributed by atoms with Gasteiger partial charge in [-0.1, -0.05) is 31.0 Å². The van der Waals surface area contributed by atoms with E-state index in [1.54, 1.807) is 6.26 Å². The summed E-state index contributed by atoms with van der Waals surface area (Å²) < 4.78 is 11.9. The van der Waals surface area contributed by atoms with Gasteiger partial charge >= 0.3 is 0 Å². The fourth-order valence-corrected chi connectivity index (χ4v) is 4.36. The lowest BCUT2D eigenvalue weighted by molar-refractivity contribution is 0.00101. The van der Waals surface area contributed by atoms with Gasteiger partial charge in [-0.05, 0) is 50.7 Å². The molecule has 2 fully saturated rings. The molecule has 7 heteroatoms. The number of oxazole rings is 1. The van der Waals surface area contributed by atoms with Crippen LogP contribution in [0.2, 0.25) is 0 Å². The van der Waals surface area contributed by atoms with Gasteiger partial charge in [0.15, 0.2) is 5.96 Å². The van der Waals surface area contributed by atoms with E-state index < -0.39 is 0 Å². The summed E-state index contributed by atoms with van der Waals surface area (Å²) in [7, 11) is 0. The number of likely N-dealkylation sites (tertiary alicyclic amines) is 1. The molecule has 0 bridgehead atoms. The monoisotopic (exact) mass is 538 g/mol. The number of ether oxygens (including phenoxy) is 1. The molecule has 2 aromatic rings. The van der Waals surface area contributed by atoms with Crippen molar-refractivity contribution in [2.24, 2.45) is 10.9 Å². The highest BCUT2D eigenvalue weighted by Gasteiger charge is 2.24. The maximum Gasteiger partial charge on any atom is 0.226 e. The predicted octanol–water partition coefficient (Wildman–Crippen LogP) is 5.10. The largest absolute Gasteiger partial charge is 0.444 e. The molecule has 170 valence electrons. The zero-order valence-electron chi connectivity index (χ0n) is 18.5. The number of benzene rings is 1. The van der Waals surface area contributed by atoms with Gasteiger partial charge in [0.1, 0.15) is 12.0 Å². The van der Waals surface area contributed by atoms with Crippen molar-refractivity contribution in [1.82, 2.24) is 15.2 Å². The molecule has 1 aromatic heterocycles. The molecule has 1 aromatic carbocycles. The van der Waals surface area contributed by atoms with Crippen molar-refractivity contribution in [3.05, 3.63) is 42.3 Å². The number of halogens is 1. The van der Waals surface area contributed by atoms with Crippen molar-refractivity contribution in [2.45, 2.75) is 58.1 Å². The van der Waals surface area contributed by atoms with Crippen molar-refractivity contribution >= 4 is 29.9 Å². The van der Waals surface area contributed by atoms with Crippen LogP contribution >= 0.6 is 24.0 Å². The average Bonchev–Trinajstić information content (AvgIpc) is 3.48. The van der Waals surface area contributed by atoms with E-state index in [9.17, 15) is 0 Å². The van der Waals surface area contributed by atoms with E-state index in [4.69, 9.17) is 14.1 Å². The Morgan fingerprint density at radius 3 is 2.61 bits per heavy atom. The number of aliphatic imine (C=N–C) groups is 1. The first-order valence-electron chi connectivity index (χ1n) is 11.5. The zero-order chi connectivity index (χ0) is 20.6. The van der Waals surface area contributed by atoms with Crippen molar-refractivity contribution in [3.8, 4) is 11.5 Å². The number of piperidine rings is 1. The van der Waals surface area contributed by atoms with Gasteiger partial charge in [-0.25, -0.2) is 9.98 Å². The van der Waals surface area contributed by atoms with Gasteiger partial charge in [-0.3, -0.25) is 0 Å². The second-order valence-corrected chi connectivity index (χ2v) is 8.35. The Bertz CT molecular complexity index is 797. The number of nitrogens with one attached hydrogen (secondary N) is 1. The average molecular weight is 538 g/mol. The van der Waals surface area contributed by atoms with E-state index in [0.29, 0.717) is 18.5 Å². The normalized spacial score (nSPS) is 18.2. The quantitative estimate of drug-likeness (QED) is 0.302. The predicted molar refractivity (Wildman–Crippen MR) is 135 cm³/mol. The van der Waals surface area contributed by atoms with Gasteiger partial charge < -0.3 is 19.4 Å². The first kappa shape index (κ1) is 24.0. The second-order valence-electron chi connectivity index (χ2n) is 8.35. The molecular formula is C24H35IN4O2. The van der Waals surface area contributed by atoms with Crippen LogP contribution in [0.3, 0.4) is 0 Å². The Balaban J connectivity index is 0.00000272. The second kappa shape index (κ2) is 12.4. The maximum absolute atomic E-state index is 6.22. The van der Waals surface area contributed by atoms with E-state index in [1.807, 2.05) is 30.3 Å². The van der Waals surface area contributed by atoms with Crippen LogP contribution in [-0.4, -0.2) is 48.2 Å². The number of rotatable bonds is 7. The minimum absolute atomic E-state index is 0. The number of hydrogen-bond acceptors (Lipinski definition) is 4. The summed E-state index contributed by atoms with van der Waals surface area (Å²) in [5.41, 5.74) is 1.83. The molecule has 2 aliphatic rings. The lowest BCUT2D eigenvalue weighted by atomic mass is 10.1. The molecule has 1 saturated heterocycles. The molecule has 6 nitrogen and oxygen atoms in total. The van der Waals surface area contributed by atoms with Crippen LogP contribution in [0, 0.1) is 5.92 Å². The summed E-state index contributed by atoms with van der Waals surface area (Å²) in [6, 6.07) is 9.97. The third kappa shape index (κ3) is 6.94. The van der Waals surface area contributed by atoms with Gasteiger partial charge in [-0.15, -0.1) is 24.0 Å². The van der Waals surface area contributed by atoms with Crippen LogP contribution in [0.1, 0.15) is 51.1 Å². The Labute approximate surface area is 202 Å². The smallest absolute Gasteiger partial charge is 0.226 e. The maximum atomic E-state index is 6.22. The van der Waals surface area contributed by atoms with Crippen LogP contribution in [0.5, 0.6) is 0 Å². The highest BCUT2D eigenvalue weighted by atomic mass is 127. The summed E-state index contributed by atoms with van der Waals surface area (Å²) in [5.74, 6) is 2.40. The molecule has 1 aliphatic carbocycles. The molecule has 1 aliphatic heterocycles. The number of guanidine groups is 1. The van der Waals surface area contributed by atoms with Gasteiger partial charge in [0.25, 0.3) is 0 Å². The Kier molecular flexibility index (Phi) is 9.64. The van der Waals surface area contributed by atoms with Crippen LogP contribution in [0.25, 0.3) is 11.5 Å². The van der Waals surface area contributed by atoms with Crippen LogP contribution < -0.4 is 5.32 Å². The molecule has 0 radical (unpaired) electrons. The van der Waals surface area contributed by atoms with E-state index in [0.717, 1.165) is 62.2 Å². The van der Waals surface area contributed by atoms with Crippen molar-refractivity contribution in [2.75, 3.05) is 26.2 Å². The van der Waals surface area contributed by atoms with Gasteiger partial charge in [0, 0.05) is 31.8 Å². The lowest BCUT2D eigenvalue weighted by Crippen LogP contribution is -2.47. The van der Waals surface area contributed by atoms with Crippen molar-refractivity contribution in [3.63, 3.8) is 0 Å². The van der Waals surface area contributed by atoms with Gasteiger partial charge in [-0.2, -0.15) is 0 Å². The topological polar surface area (TPSA) is 62.9 Å². The third-order valence-corrected chi connectivity index (χ3v) is 6.08. The highest BCUT2D eigenvalue weighted by Crippen LogP contribution is 2.26. The Hall–Kier alpha value is -1.61. The molecule has 2 heterocycles. The molecule has 0 unspecified atom stereocenters. The van der Waals surface area contributed by atoms with Crippen LogP contribution in [0.15, 0.2) is 46.0 Å². The summed E-state index contributed by atoms with van der Waals surface area (Å²) in [6.07, 6.45) is 9.71. The standard InChI is InChI=1S/C24H34N4O2.HI/c1-2-25-24(26-16-21-18-30-23(27-21)20-10-4-3-5-11-20)28-14-12-22(13-15-28)29-17-19-8-6-7-9-19;/h3-5,10-11,18-19,22H,2,6-9,12-17H2,1H3,(H,25,26);1H. The molecular weight excluding hydrogens is 503 g/mol. The fourth-order valence-electron chi connectivity index (χ4n) is 4.36. The summed E-state index contributed by atoms with van der Waals surface area (Å²) >= 11 is 0.